The van der Waals surface area contributed by atoms with Gasteiger partial charge >= 0.3 is 11.9 Å². The third kappa shape index (κ3) is 7.77. The van der Waals surface area contributed by atoms with Crippen LogP contribution in [0.1, 0.15) is 25.7 Å². The first-order valence-corrected chi connectivity index (χ1v) is 9.27. The number of nitrogens with one attached hydrogen (secondary N) is 4. The Morgan fingerprint density at radius 1 is 1.23 bits per heavy atom. The number of amidine groups is 1. The lowest BCUT2D eigenvalue weighted by atomic mass is 10.0. The van der Waals surface area contributed by atoms with Gasteiger partial charge < -0.3 is 42.7 Å². The molecule has 0 aromatic carbocycles. The van der Waals surface area contributed by atoms with Crippen molar-refractivity contribution in [2.75, 3.05) is 13.1 Å². The van der Waals surface area contributed by atoms with Crippen LogP contribution in [0.15, 0.2) is 11.6 Å². The van der Waals surface area contributed by atoms with Gasteiger partial charge in [0, 0.05) is 19.5 Å². The second-order valence-electron chi connectivity index (χ2n) is 6.80. The number of aliphatic hydroxyl groups excluding tert-OH is 1. The molecule has 1 rings (SSSR count). The van der Waals surface area contributed by atoms with Crippen LogP contribution in [0.4, 0.5) is 0 Å². The predicted molar refractivity (Wildman–Crippen MR) is 104 cm³/mol. The Morgan fingerprint density at radius 2 is 1.90 bits per heavy atom. The van der Waals surface area contributed by atoms with E-state index < -0.39 is 48.0 Å². The number of amides is 2. The number of carboxylic acid groups (broad SMARTS) is 2. The number of aliphatic hydroxyl groups is 1. The van der Waals surface area contributed by atoms with Gasteiger partial charge in [0.15, 0.2) is 12.1 Å². The lowest BCUT2D eigenvalue weighted by Gasteiger charge is -2.18. The summed E-state index contributed by atoms with van der Waals surface area (Å²) in [5.74, 6) is -4.61. The molecule has 11 N–H and O–H groups in total. The Balaban J connectivity index is 2.30. The number of carbonyl (C=O) groups is 4. The maximum Gasteiger partial charge on any atom is 0.335 e. The van der Waals surface area contributed by atoms with E-state index in [1.807, 2.05) is 11.4 Å². The van der Waals surface area contributed by atoms with Crippen molar-refractivity contribution in [1.82, 2.24) is 16.0 Å². The van der Waals surface area contributed by atoms with Gasteiger partial charge in [0.2, 0.25) is 11.8 Å². The van der Waals surface area contributed by atoms with Crippen LogP contribution >= 0.6 is 0 Å². The maximum atomic E-state index is 12.1. The van der Waals surface area contributed by atoms with E-state index in [2.05, 4.69) is 10.6 Å². The highest BCUT2D eigenvalue weighted by atomic mass is 16.4. The molecule has 4 unspecified atom stereocenters. The van der Waals surface area contributed by atoms with E-state index in [1.54, 1.807) is 0 Å². The zero-order chi connectivity index (χ0) is 22.8. The van der Waals surface area contributed by atoms with E-state index in [1.165, 1.54) is 0 Å². The molecule has 0 fully saturated rings. The summed E-state index contributed by atoms with van der Waals surface area (Å²) in [5, 5.41) is 41.9. The van der Waals surface area contributed by atoms with Crippen LogP contribution < -0.4 is 27.4 Å². The molecule has 0 radical (unpaired) electrons. The van der Waals surface area contributed by atoms with Gasteiger partial charge in [0.1, 0.15) is 5.84 Å². The minimum atomic E-state index is -2.26. The first-order chi connectivity index (χ1) is 14.0. The number of aliphatic carboxylic acids is 2. The molecule has 2 amide bonds. The molecule has 13 nitrogen and oxygen atoms in total. The fourth-order valence-corrected chi connectivity index (χ4v) is 2.83. The van der Waals surface area contributed by atoms with Gasteiger partial charge in [-0.15, -0.1) is 0 Å². The molecule has 0 spiro atoms. The molecule has 0 saturated heterocycles. The molecule has 0 aliphatic carbocycles. The number of nitrogens with two attached hydrogens (primary N) is 2. The van der Waals surface area contributed by atoms with Crippen LogP contribution in [0.2, 0.25) is 0 Å². The Morgan fingerprint density at radius 3 is 2.47 bits per heavy atom. The normalized spacial score (nSPS) is 18.6. The van der Waals surface area contributed by atoms with Gasteiger partial charge in [-0.05, 0) is 24.8 Å². The fourth-order valence-electron chi connectivity index (χ4n) is 2.83. The standard InChI is InChI=1S/C17H28N6O7/c18-9(7-8-4-6-21-11(8)14(19)20)15(26)22-5-2-1-3-10(24)23-12(16(27)28)13(25)17(29)30/h4,9,11-13,21,25H,1-3,5-7,18H2,(H3,19,20)(H,22,26)(H,23,24)(H,27,28)(H,29,30). The summed E-state index contributed by atoms with van der Waals surface area (Å²) < 4.78 is 0. The molecule has 0 aromatic rings. The summed E-state index contributed by atoms with van der Waals surface area (Å²) in [7, 11) is 0. The number of carbonyl (C=O) groups excluding carboxylic acids is 2. The zero-order valence-electron chi connectivity index (χ0n) is 16.3. The van der Waals surface area contributed by atoms with E-state index in [4.69, 9.17) is 27.1 Å². The van der Waals surface area contributed by atoms with Crippen LogP contribution in [-0.2, 0) is 19.2 Å². The van der Waals surface area contributed by atoms with Crippen LogP contribution in [0.25, 0.3) is 0 Å². The molecule has 0 aromatic heterocycles. The van der Waals surface area contributed by atoms with Crippen molar-refractivity contribution in [2.24, 2.45) is 11.5 Å². The Kier molecular flexibility index (Phi) is 9.88. The minimum absolute atomic E-state index is 0.0503. The van der Waals surface area contributed by atoms with Crippen LogP contribution in [0, 0.1) is 5.41 Å². The number of rotatable bonds is 13. The summed E-state index contributed by atoms with van der Waals surface area (Å²) in [6, 6.07) is -3.20. The van der Waals surface area contributed by atoms with Gasteiger partial charge in [0.05, 0.1) is 12.1 Å². The number of hydrogen-bond acceptors (Lipinski definition) is 8. The highest BCUT2D eigenvalue weighted by Gasteiger charge is 2.33. The molecular formula is C17H28N6O7. The van der Waals surface area contributed by atoms with E-state index in [0.29, 0.717) is 19.4 Å². The average molecular weight is 428 g/mol. The van der Waals surface area contributed by atoms with E-state index in [0.717, 1.165) is 5.57 Å². The Labute approximate surface area is 172 Å². The second-order valence-corrected chi connectivity index (χ2v) is 6.80. The van der Waals surface area contributed by atoms with Crippen molar-refractivity contribution >= 4 is 29.6 Å². The first kappa shape index (κ1) is 25.0. The number of carboxylic acids is 2. The van der Waals surface area contributed by atoms with Gasteiger partial charge in [0.25, 0.3) is 0 Å². The van der Waals surface area contributed by atoms with E-state index in [9.17, 15) is 24.3 Å². The summed E-state index contributed by atoms with van der Waals surface area (Å²) >= 11 is 0. The largest absolute Gasteiger partial charge is 0.480 e. The second kappa shape index (κ2) is 11.8. The van der Waals surface area contributed by atoms with E-state index >= 15 is 0 Å². The SMILES string of the molecule is N=C(N)C1NCC=C1CC(N)C(=O)NCCCCC(=O)NC(C(=O)O)C(O)C(=O)O. The fraction of sp³-hybridized carbons (Fsp3) is 0.588. The smallest absolute Gasteiger partial charge is 0.335 e. The molecule has 13 heteroatoms. The molecular weight excluding hydrogens is 400 g/mol. The van der Waals surface area contributed by atoms with Gasteiger partial charge in [-0.25, -0.2) is 9.59 Å². The van der Waals surface area contributed by atoms with Gasteiger partial charge in [-0.3, -0.25) is 15.0 Å². The summed E-state index contributed by atoms with van der Waals surface area (Å²) in [4.78, 5) is 45.4. The highest BCUT2D eigenvalue weighted by molar-refractivity contribution is 5.89. The maximum absolute atomic E-state index is 12.1. The third-order valence-electron chi connectivity index (χ3n) is 4.44. The minimum Gasteiger partial charge on any atom is -0.480 e. The molecule has 4 atom stereocenters. The predicted octanol–water partition coefficient (Wildman–Crippen LogP) is -3.16. The molecule has 0 bridgehead atoms. The molecule has 168 valence electrons. The van der Waals surface area contributed by atoms with Crippen molar-refractivity contribution in [1.29, 1.82) is 5.41 Å². The topological polar surface area (TPSA) is 241 Å². The van der Waals surface area contributed by atoms with Crippen molar-refractivity contribution < 1.29 is 34.5 Å². The first-order valence-electron chi connectivity index (χ1n) is 9.27. The van der Waals surface area contributed by atoms with Crippen molar-refractivity contribution in [3.05, 3.63) is 11.6 Å². The highest BCUT2D eigenvalue weighted by Crippen LogP contribution is 2.14. The average Bonchev–Trinajstić information content (AvgIpc) is 3.13. The lowest BCUT2D eigenvalue weighted by molar-refractivity contribution is -0.157. The van der Waals surface area contributed by atoms with Crippen LogP contribution in [-0.4, -0.2) is 82.2 Å². The molecule has 30 heavy (non-hydrogen) atoms. The Hall–Kier alpha value is -3.03. The van der Waals surface area contributed by atoms with E-state index in [-0.39, 0.29) is 25.2 Å². The quantitative estimate of drug-likeness (QED) is 0.0617. The van der Waals surface area contributed by atoms with Crippen LogP contribution in [0.3, 0.4) is 0 Å². The van der Waals surface area contributed by atoms with Crippen molar-refractivity contribution in [3.8, 4) is 0 Å². The monoisotopic (exact) mass is 428 g/mol. The van der Waals surface area contributed by atoms with Gasteiger partial charge in [-0.1, -0.05) is 6.08 Å². The van der Waals surface area contributed by atoms with Crippen molar-refractivity contribution in [2.45, 2.75) is 49.9 Å². The molecule has 1 aliphatic heterocycles. The molecule has 0 saturated carbocycles. The lowest BCUT2D eigenvalue weighted by Crippen LogP contribution is -2.51. The Bertz CT molecular complexity index is 711. The molecule has 1 heterocycles. The summed E-state index contributed by atoms with van der Waals surface area (Å²) in [6.45, 7) is 0.773. The third-order valence-corrected chi connectivity index (χ3v) is 4.44. The van der Waals surface area contributed by atoms with Crippen LogP contribution in [0.5, 0.6) is 0 Å². The summed E-state index contributed by atoms with van der Waals surface area (Å²) in [5.41, 5.74) is 12.1. The van der Waals surface area contributed by atoms with Crippen molar-refractivity contribution in [3.63, 3.8) is 0 Å². The number of hydrogen-bond donors (Lipinski definition) is 9. The zero-order valence-corrected chi connectivity index (χ0v) is 16.3. The number of unbranched alkanes of at least 4 members (excludes halogenated alkanes) is 1. The van der Waals surface area contributed by atoms with Gasteiger partial charge in [-0.2, -0.15) is 0 Å². The molecule has 1 aliphatic rings. The summed E-state index contributed by atoms with van der Waals surface area (Å²) in [6.07, 6.45) is 0.387.